The third-order valence-electron chi connectivity index (χ3n) is 4.79. The number of nitrogens with zero attached hydrogens (tertiary/aromatic N) is 3. The summed E-state index contributed by atoms with van der Waals surface area (Å²) < 4.78 is 24.7. The molecule has 1 saturated heterocycles. The highest BCUT2D eigenvalue weighted by Gasteiger charge is 2.29. The molecule has 1 fully saturated rings. The lowest BCUT2D eigenvalue weighted by Crippen LogP contribution is -2.38. The number of anilines is 2. The molecule has 1 N–H and O–H groups in total. The Kier molecular flexibility index (Phi) is 5.36. The van der Waals surface area contributed by atoms with Gasteiger partial charge in [-0.05, 0) is 59.1 Å². The van der Waals surface area contributed by atoms with Crippen molar-refractivity contribution < 1.29 is 18.0 Å². The number of nitriles is 1. The largest absolute Gasteiger partial charge is 0.459 e. The van der Waals surface area contributed by atoms with Crippen molar-refractivity contribution in [1.29, 1.82) is 5.26 Å². The Bertz CT molecular complexity index is 1070. The first kappa shape index (κ1) is 19.2. The van der Waals surface area contributed by atoms with Gasteiger partial charge in [0.05, 0.1) is 12.0 Å². The molecule has 0 atom stereocenters. The number of carbonyl (C=O) groups excluding carboxylic acids is 1. The summed E-state index contributed by atoms with van der Waals surface area (Å²) in [5.41, 5.74) is 0.721. The molecule has 0 bridgehead atoms. The number of aromatic nitrogens is 1. The number of hydrogen-bond acceptors (Lipinski definition) is 6. The van der Waals surface area contributed by atoms with Gasteiger partial charge in [-0.2, -0.15) is 10.2 Å². The maximum Gasteiger partial charge on any atom is 0.266 e. The summed E-state index contributed by atoms with van der Waals surface area (Å²) in [5, 5.41) is 12.2. The average Bonchev–Trinajstić information content (AvgIpc) is 3.39. The first-order valence-corrected chi connectivity index (χ1v) is 9.80. The fourth-order valence-corrected chi connectivity index (χ4v) is 3.73. The third-order valence-corrected chi connectivity index (χ3v) is 5.45. The van der Waals surface area contributed by atoms with Gasteiger partial charge in [-0.25, -0.2) is 4.39 Å². The highest BCUT2D eigenvalue weighted by Crippen LogP contribution is 2.32. The van der Waals surface area contributed by atoms with E-state index in [1.54, 1.807) is 12.1 Å². The molecule has 0 radical (unpaired) electrons. The van der Waals surface area contributed by atoms with Crippen molar-refractivity contribution in [2.75, 3.05) is 23.3 Å². The van der Waals surface area contributed by atoms with Crippen molar-refractivity contribution in [2.24, 2.45) is 5.92 Å². The smallest absolute Gasteiger partial charge is 0.266 e. The van der Waals surface area contributed by atoms with Crippen LogP contribution in [-0.2, 0) is 4.79 Å². The monoisotopic (exact) mass is 458 g/mol. The van der Waals surface area contributed by atoms with Gasteiger partial charge in [0.1, 0.15) is 11.9 Å². The number of hydrogen-bond donors (Lipinski definition) is 1. The summed E-state index contributed by atoms with van der Waals surface area (Å²) in [6, 6.07) is 9.61. The molecular formula is C20H16BrFN4O3. The molecule has 3 aromatic rings. The fourth-order valence-electron chi connectivity index (χ4n) is 3.28. The van der Waals surface area contributed by atoms with Gasteiger partial charge in [0.2, 0.25) is 17.5 Å². The molecule has 0 saturated carbocycles. The number of carbonyl (C=O) groups is 1. The minimum Gasteiger partial charge on any atom is -0.459 e. The fraction of sp³-hybridized carbons (Fsp3) is 0.250. The molecular weight excluding hydrogens is 443 g/mol. The zero-order valence-electron chi connectivity index (χ0n) is 15.2. The van der Waals surface area contributed by atoms with E-state index in [2.05, 4.69) is 26.2 Å². The Morgan fingerprint density at radius 3 is 2.79 bits per heavy atom. The van der Waals surface area contributed by atoms with E-state index < -0.39 is 0 Å². The minimum atomic E-state index is -0.377. The standard InChI is InChI=1S/C20H16BrFN4O3/c21-14-10-13(22)3-4-15(14)24-18(27)12-5-7-26(8-6-12)20-16(11-23)25-19(29-20)17-2-1-9-28-17/h1-4,9-10,12H,5-8H2,(H,24,27). The number of oxazole rings is 1. The highest BCUT2D eigenvalue weighted by molar-refractivity contribution is 9.10. The van der Waals surface area contributed by atoms with E-state index in [1.165, 1.54) is 24.5 Å². The Morgan fingerprint density at radius 2 is 2.14 bits per heavy atom. The number of rotatable bonds is 4. The zero-order valence-corrected chi connectivity index (χ0v) is 16.8. The van der Waals surface area contributed by atoms with Crippen molar-refractivity contribution in [3.63, 3.8) is 0 Å². The van der Waals surface area contributed by atoms with Crippen molar-refractivity contribution >= 4 is 33.4 Å². The molecule has 1 aliphatic rings. The van der Waals surface area contributed by atoms with Gasteiger partial charge >= 0.3 is 0 Å². The number of benzene rings is 1. The number of amides is 1. The van der Waals surface area contributed by atoms with Gasteiger partial charge in [0, 0.05) is 23.5 Å². The molecule has 2 aromatic heterocycles. The zero-order chi connectivity index (χ0) is 20.4. The van der Waals surface area contributed by atoms with Gasteiger partial charge in [-0.3, -0.25) is 4.79 Å². The molecule has 148 valence electrons. The summed E-state index contributed by atoms with van der Waals surface area (Å²) in [4.78, 5) is 18.7. The molecule has 1 aromatic carbocycles. The second-order valence-corrected chi connectivity index (χ2v) is 7.49. The predicted octanol–water partition coefficient (Wildman–Crippen LogP) is 4.56. The van der Waals surface area contributed by atoms with E-state index in [0.29, 0.717) is 47.7 Å². The van der Waals surface area contributed by atoms with Crippen LogP contribution in [0, 0.1) is 23.1 Å². The molecule has 3 heterocycles. The highest BCUT2D eigenvalue weighted by atomic mass is 79.9. The molecule has 0 spiro atoms. The topological polar surface area (TPSA) is 95.3 Å². The SMILES string of the molecule is N#Cc1nc(-c2ccco2)oc1N1CCC(C(=O)Nc2ccc(F)cc2Br)CC1. The van der Waals surface area contributed by atoms with Crippen LogP contribution in [0.3, 0.4) is 0 Å². The van der Waals surface area contributed by atoms with E-state index in [9.17, 15) is 14.4 Å². The lowest BCUT2D eigenvalue weighted by Gasteiger charge is -2.31. The molecule has 0 aliphatic carbocycles. The molecule has 0 unspecified atom stereocenters. The predicted molar refractivity (Wildman–Crippen MR) is 107 cm³/mol. The van der Waals surface area contributed by atoms with Gasteiger partial charge in [-0.1, -0.05) is 0 Å². The molecule has 29 heavy (non-hydrogen) atoms. The maximum absolute atomic E-state index is 13.2. The van der Waals surface area contributed by atoms with E-state index in [1.807, 2.05) is 11.0 Å². The van der Waals surface area contributed by atoms with E-state index >= 15 is 0 Å². The van der Waals surface area contributed by atoms with E-state index in [-0.39, 0.29) is 29.2 Å². The van der Waals surface area contributed by atoms with Crippen LogP contribution in [0.1, 0.15) is 18.5 Å². The number of nitrogens with one attached hydrogen (secondary N) is 1. The lowest BCUT2D eigenvalue weighted by molar-refractivity contribution is -0.120. The quantitative estimate of drug-likeness (QED) is 0.615. The van der Waals surface area contributed by atoms with Gasteiger partial charge < -0.3 is 19.1 Å². The summed E-state index contributed by atoms with van der Waals surface area (Å²) in [5.74, 6) is 0.401. The van der Waals surface area contributed by atoms with Crippen molar-refractivity contribution in [2.45, 2.75) is 12.8 Å². The number of furan rings is 1. The van der Waals surface area contributed by atoms with Crippen LogP contribution in [0.15, 0.2) is 49.9 Å². The Morgan fingerprint density at radius 1 is 1.34 bits per heavy atom. The number of piperidine rings is 1. The van der Waals surface area contributed by atoms with Crippen molar-refractivity contribution in [3.8, 4) is 17.7 Å². The van der Waals surface area contributed by atoms with E-state index in [4.69, 9.17) is 8.83 Å². The van der Waals surface area contributed by atoms with Gasteiger partial charge in [0.15, 0.2) is 5.76 Å². The van der Waals surface area contributed by atoms with Crippen LogP contribution in [0.25, 0.3) is 11.7 Å². The summed E-state index contributed by atoms with van der Waals surface area (Å²) in [6.45, 7) is 1.09. The normalized spacial score (nSPS) is 14.6. The van der Waals surface area contributed by atoms with Gasteiger partial charge in [0.25, 0.3) is 5.89 Å². The van der Waals surface area contributed by atoms with Gasteiger partial charge in [-0.15, -0.1) is 0 Å². The average molecular weight is 459 g/mol. The maximum atomic E-state index is 13.2. The molecule has 9 heteroatoms. The van der Waals surface area contributed by atoms with Crippen LogP contribution >= 0.6 is 15.9 Å². The Hall–Kier alpha value is -3.12. The van der Waals surface area contributed by atoms with Crippen LogP contribution in [0.5, 0.6) is 0 Å². The molecule has 1 aliphatic heterocycles. The molecule has 1 amide bonds. The Balaban J connectivity index is 1.42. The van der Waals surface area contributed by atoms with Crippen molar-refractivity contribution in [3.05, 3.63) is 52.6 Å². The summed E-state index contributed by atoms with van der Waals surface area (Å²) in [7, 11) is 0. The third kappa shape index (κ3) is 4.03. The van der Waals surface area contributed by atoms with Crippen LogP contribution in [0.4, 0.5) is 16.0 Å². The van der Waals surface area contributed by atoms with Crippen LogP contribution in [-0.4, -0.2) is 24.0 Å². The second-order valence-electron chi connectivity index (χ2n) is 6.64. The summed E-state index contributed by atoms with van der Waals surface area (Å²) >= 11 is 3.25. The number of halogens is 2. The van der Waals surface area contributed by atoms with Crippen LogP contribution < -0.4 is 10.2 Å². The molecule has 4 rings (SSSR count). The second kappa shape index (κ2) is 8.09. The lowest BCUT2D eigenvalue weighted by atomic mass is 9.96. The minimum absolute atomic E-state index is 0.119. The van der Waals surface area contributed by atoms with E-state index in [0.717, 1.165) is 0 Å². The van der Waals surface area contributed by atoms with Crippen LogP contribution in [0.2, 0.25) is 0 Å². The Labute approximate surface area is 174 Å². The first-order valence-electron chi connectivity index (χ1n) is 9.01. The van der Waals surface area contributed by atoms with Crippen molar-refractivity contribution in [1.82, 2.24) is 4.98 Å². The molecule has 7 nitrogen and oxygen atoms in total. The first-order chi connectivity index (χ1) is 14.0. The summed E-state index contributed by atoms with van der Waals surface area (Å²) in [6.07, 6.45) is 2.69.